The number of ketones is 1. The minimum Gasteiger partial charge on any atom is -0.303 e. The van der Waals surface area contributed by atoms with Gasteiger partial charge in [-0.15, -0.1) is 0 Å². The van der Waals surface area contributed by atoms with Crippen molar-refractivity contribution in [3.05, 3.63) is 59.8 Å². The number of hydrogen-bond acceptors (Lipinski definition) is 4. The third-order valence-electron chi connectivity index (χ3n) is 6.45. The molecule has 3 heterocycles. The smallest absolute Gasteiger partial charge is 0.250 e. The van der Waals surface area contributed by atoms with Crippen LogP contribution in [-0.2, 0) is 0 Å². The first kappa shape index (κ1) is 22.2. The van der Waals surface area contributed by atoms with Crippen molar-refractivity contribution < 1.29 is 13.6 Å². The molecule has 0 N–H and O–H groups in total. The number of aromatic nitrogens is 2. The van der Waals surface area contributed by atoms with Crippen LogP contribution in [0.3, 0.4) is 0 Å². The van der Waals surface area contributed by atoms with E-state index in [4.69, 9.17) is 4.98 Å². The number of alkyl halides is 2. The molecule has 1 aliphatic rings. The van der Waals surface area contributed by atoms with Crippen LogP contribution in [0.4, 0.5) is 8.78 Å². The fraction of sp³-hybridized carbons (Fsp3) is 0.385. The van der Waals surface area contributed by atoms with Gasteiger partial charge in [0.25, 0.3) is 5.92 Å². The van der Waals surface area contributed by atoms with Crippen molar-refractivity contribution in [3.8, 4) is 11.3 Å². The van der Waals surface area contributed by atoms with Crippen LogP contribution in [-0.4, -0.2) is 45.6 Å². The normalized spacial score (nSPS) is 16.6. The second-order valence-corrected chi connectivity index (χ2v) is 10.0. The van der Waals surface area contributed by atoms with Gasteiger partial charge in [-0.25, -0.2) is 13.8 Å². The highest BCUT2D eigenvalue weighted by molar-refractivity contribution is 7.23. The lowest BCUT2D eigenvalue weighted by Crippen LogP contribution is -2.39. The summed E-state index contributed by atoms with van der Waals surface area (Å²) >= 11 is 1.59. The minimum atomic E-state index is -2.50. The van der Waals surface area contributed by atoms with E-state index in [-0.39, 0.29) is 18.6 Å². The van der Waals surface area contributed by atoms with Crippen molar-refractivity contribution in [1.82, 2.24) is 14.3 Å². The van der Waals surface area contributed by atoms with Crippen molar-refractivity contribution >= 4 is 32.3 Å². The van der Waals surface area contributed by atoms with E-state index in [0.29, 0.717) is 19.5 Å². The molecule has 2 aromatic carbocycles. The lowest BCUT2D eigenvalue weighted by Gasteiger charge is -2.31. The lowest BCUT2D eigenvalue weighted by molar-refractivity contribution is -0.0551. The van der Waals surface area contributed by atoms with Crippen molar-refractivity contribution in [2.24, 2.45) is 0 Å². The SMILES string of the molecule is Cc1cccc(-c2cn3c(n2)sc2cc(C(=O)CCCCN4CCC(F)(F)CC4)ccc23)c1. The zero-order chi connectivity index (χ0) is 23.0. The van der Waals surface area contributed by atoms with Crippen LogP contribution in [0.15, 0.2) is 48.7 Å². The number of rotatable bonds is 7. The quantitative estimate of drug-likeness (QED) is 0.227. The molecule has 33 heavy (non-hydrogen) atoms. The molecule has 0 unspecified atom stereocenters. The highest BCUT2D eigenvalue weighted by atomic mass is 32.1. The maximum Gasteiger partial charge on any atom is 0.250 e. The number of carbonyl (C=O) groups excluding carboxylic acids is 1. The Labute approximate surface area is 195 Å². The van der Waals surface area contributed by atoms with E-state index in [1.807, 2.05) is 24.3 Å². The molecule has 0 saturated carbocycles. The van der Waals surface area contributed by atoms with E-state index in [1.165, 1.54) is 5.56 Å². The fourth-order valence-electron chi connectivity index (χ4n) is 4.49. The number of benzene rings is 2. The van der Waals surface area contributed by atoms with Gasteiger partial charge in [-0.3, -0.25) is 9.20 Å². The molecule has 0 spiro atoms. The van der Waals surface area contributed by atoms with Gasteiger partial charge in [-0.1, -0.05) is 35.1 Å². The van der Waals surface area contributed by atoms with Crippen LogP contribution in [0.1, 0.15) is 48.0 Å². The number of thiazole rings is 1. The Morgan fingerprint density at radius 3 is 2.73 bits per heavy atom. The maximum absolute atomic E-state index is 13.3. The predicted octanol–water partition coefficient (Wildman–Crippen LogP) is 6.61. The molecule has 0 radical (unpaired) electrons. The van der Waals surface area contributed by atoms with E-state index in [0.717, 1.165) is 51.4 Å². The Hall–Kier alpha value is -2.64. The monoisotopic (exact) mass is 467 g/mol. The molecule has 1 fully saturated rings. The van der Waals surface area contributed by atoms with Gasteiger partial charge >= 0.3 is 0 Å². The van der Waals surface area contributed by atoms with Crippen LogP contribution in [0.5, 0.6) is 0 Å². The third-order valence-corrected chi connectivity index (χ3v) is 7.46. The molecule has 0 atom stereocenters. The van der Waals surface area contributed by atoms with Gasteiger partial charge in [0.2, 0.25) is 0 Å². The Kier molecular flexibility index (Phi) is 6.01. The summed E-state index contributed by atoms with van der Waals surface area (Å²) in [5, 5.41) is 0. The van der Waals surface area contributed by atoms with Crippen LogP contribution in [0.2, 0.25) is 0 Å². The van der Waals surface area contributed by atoms with Crippen molar-refractivity contribution in [2.45, 2.75) is 45.0 Å². The maximum atomic E-state index is 13.3. The van der Waals surface area contributed by atoms with Gasteiger partial charge in [-0.05, 0) is 50.6 Å². The summed E-state index contributed by atoms with van der Waals surface area (Å²) in [5.74, 6) is -2.37. The highest BCUT2D eigenvalue weighted by Crippen LogP contribution is 2.31. The zero-order valence-electron chi connectivity index (χ0n) is 18.7. The number of hydrogen-bond donors (Lipinski definition) is 0. The van der Waals surface area contributed by atoms with Gasteiger partial charge in [0, 0.05) is 49.7 Å². The first-order valence-corrected chi connectivity index (χ1v) is 12.3. The molecule has 5 rings (SSSR count). The molecule has 1 aliphatic heterocycles. The Balaban J connectivity index is 1.21. The average molecular weight is 468 g/mol. The zero-order valence-corrected chi connectivity index (χ0v) is 19.5. The Bertz CT molecular complexity index is 1300. The summed E-state index contributed by atoms with van der Waals surface area (Å²) in [6, 6.07) is 14.2. The molecular weight excluding hydrogens is 440 g/mol. The van der Waals surface area contributed by atoms with E-state index in [2.05, 4.69) is 40.6 Å². The third kappa shape index (κ3) is 4.84. The topological polar surface area (TPSA) is 37.6 Å². The summed E-state index contributed by atoms with van der Waals surface area (Å²) in [5.41, 5.74) is 5.03. The molecule has 0 amide bonds. The van der Waals surface area contributed by atoms with E-state index >= 15 is 0 Å². The number of imidazole rings is 1. The Morgan fingerprint density at radius 1 is 1.12 bits per heavy atom. The standard InChI is InChI=1S/C26H27F2N3OS/c1-18-5-4-6-19(15-18)21-17-31-22-9-8-20(16-24(22)33-25(31)29-21)23(32)7-2-3-12-30-13-10-26(27,28)11-14-30/h4-6,8-9,15-17H,2-3,7,10-14H2,1H3. The molecule has 172 valence electrons. The molecule has 0 aliphatic carbocycles. The number of aryl methyl sites for hydroxylation is 1. The number of piperidine rings is 1. The molecule has 7 heteroatoms. The molecule has 0 bridgehead atoms. The fourth-order valence-corrected chi connectivity index (χ4v) is 5.53. The number of fused-ring (bicyclic) bond motifs is 3. The van der Waals surface area contributed by atoms with Crippen LogP contribution >= 0.6 is 11.3 Å². The molecule has 1 saturated heterocycles. The molecule has 4 aromatic rings. The summed E-state index contributed by atoms with van der Waals surface area (Å²) in [6.07, 6.45) is 4.06. The molecule has 4 nitrogen and oxygen atoms in total. The Morgan fingerprint density at radius 2 is 1.94 bits per heavy atom. The molecular formula is C26H27F2N3OS. The predicted molar refractivity (Wildman–Crippen MR) is 130 cm³/mol. The van der Waals surface area contributed by atoms with Crippen molar-refractivity contribution in [2.75, 3.05) is 19.6 Å². The van der Waals surface area contributed by atoms with Gasteiger partial charge in [-0.2, -0.15) is 0 Å². The highest BCUT2D eigenvalue weighted by Gasteiger charge is 2.33. The second kappa shape index (κ2) is 8.95. The van der Waals surface area contributed by atoms with Crippen LogP contribution < -0.4 is 0 Å². The summed E-state index contributed by atoms with van der Waals surface area (Å²) < 4.78 is 29.6. The lowest BCUT2D eigenvalue weighted by atomic mass is 10.0. The van der Waals surface area contributed by atoms with Crippen molar-refractivity contribution in [3.63, 3.8) is 0 Å². The van der Waals surface area contributed by atoms with E-state index < -0.39 is 5.92 Å². The summed E-state index contributed by atoms with van der Waals surface area (Å²) in [4.78, 5) is 20.5. The van der Waals surface area contributed by atoms with Crippen molar-refractivity contribution in [1.29, 1.82) is 0 Å². The average Bonchev–Trinajstić information content (AvgIpc) is 3.35. The first-order chi connectivity index (χ1) is 15.9. The number of unbranched alkanes of at least 4 members (excludes halogenated alkanes) is 1. The van der Waals surface area contributed by atoms with Crippen LogP contribution in [0, 0.1) is 6.92 Å². The van der Waals surface area contributed by atoms with Gasteiger partial charge < -0.3 is 4.90 Å². The van der Waals surface area contributed by atoms with E-state index in [9.17, 15) is 13.6 Å². The summed E-state index contributed by atoms with van der Waals surface area (Å²) in [7, 11) is 0. The number of halogens is 2. The second-order valence-electron chi connectivity index (χ2n) is 9.01. The number of carbonyl (C=O) groups is 1. The summed E-state index contributed by atoms with van der Waals surface area (Å²) in [6.45, 7) is 3.76. The van der Waals surface area contributed by atoms with E-state index in [1.54, 1.807) is 11.3 Å². The van der Waals surface area contributed by atoms with Gasteiger partial charge in [0.15, 0.2) is 10.7 Å². The number of likely N-dealkylation sites (tertiary alicyclic amines) is 1. The van der Waals surface area contributed by atoms with Crippen LogP contribution in [0.25, 0.3) is 26.4 Å². The van der Waals surface area contributed by atoms with Gasteiger partial charge in [0.1, 0.15) is 0 Å². The first-order valence-electron chi connectivity index (χ1n) is 11.5. The minimum absolute atomic E-state index is 0.0529. The molecule has 2 aromatic heterocycles. The number of nitrogens with zero attached hydrogens (tertiary/aromatic N) is 3. The largest absolute Gasteiger partial charge is 0.303 e. The number of Topliss-reactive ketones (excluding diaryl/α,β-unsaturated/α-hetero) is 1. The van der Waals surface area contributed by atoms with Gasteiger partial charge in [0.05, 0.1) is 15.9 Å².